The van der Waals surface area contributed by atoms with Crippen LogP contribution in [0.3, 0.4) is 0 Å². The molecule has 2 bridgehead atoms. The lowest BCUT2D eigenvalue weighted by Gasteiger charge is -2.45. The fraction of sp³-hybridized carbons (Fsp3) is 0.385. The van der Waals surface area contributed by atoms with E-state index in [0.717, 1.165) is 0 Å². The van der Waals surface area contributed by atoms with Gasteiger partial charge in [-0.3, -0.25) is 24.5 Å². The zero-order valence-corrected chi connectivity index (χ0v) is 19.8. The van der Waals surface area contributed by atoms with Crippen LogP contribution in [0.15, 0.2) is 60.7 Å². The number of carbonyl (C=O) groups excluding carboxylic acids is 4. The molecule has 0 aliphatic carbocycles. The Balaban J connectivity index is 2.18. The molecule has 2 aliphatic heterocycles. The van der Waals surface area contributed by atoms with Gasteiger partial charge in [-0.1, -0.05) is 60.7 Å². The van der Waals surface area contributed by atoms with Gasteiger partial charge in [0.1, 0.15) is 0 Å². The van der Waals surface area contributed by atoms with E-state index in [1.54, 1.807) is 60.7 Å². The third-order valence-electron chi connectivity index (χ3n) is 7.37. The molecule has 0 amide bonds. The van der Waals surface area contributed by atoms with Crippen LogP contribution in [0.2, 0.25) is 0 Å². The van der Waals surface area contributed by atoms with Gasteiger partial charge in [0.15, 0.2) is 0 Å². The summed E-state index contributed by atoms with van der Waals surface area (Å²) in [6.07, 6.45) is 0. The highest BCUT2D eigenvalue weighted by Gasteiger charge is 2.82. The molecule has 0 radical (unpaired) electrons. The second-order valence-corrected chi connectivity index (χ2v) is 8.60. The molecule has 4 rings (SSSR count). The van der Waals surface area contributed by atoms with E-state index < -0.39 is 58.6 Å². The summed E-state index contributed by atoms with van der Waals surface area (Å²) in [6, 6.07) is 17.5. The molecule has 0 aromatic heterocycles. The number of rotatable bonds is 6. The molecule has 2 aromatic rings. The summed E-state index contributed by atoms with van der Waals surface area (Å²) in [5.74, 6) is -7.84. The normalized spacial score (nSPS) is 30.9. The average molecular weight is 482 g/mol. The van der Waals surface area contributed by atoms with E-state index in [0.29, 0.717) is 11.1 Å². The lowest BCUT2D eigenvalue weighted by molar-refractivity contribution is -0.177. The first-order valence-corrected chi connectivity index (χ1v) is 11.1. The highest BCUT2D eigenvalue weighted by molar-refractivity contribution is 5.94. The molecule has 0 spiro atoms. The summed E-state index contributed by atoms with van der Waals surface area (Å²) < 4.78 is 20.7. The van der Waals surface area contributed by atoms with E-state index in [2.05, 4.69) is 5.32 Å². The molecule has 2 saturated heterocycles. The molecule has 0 saturated carbocycles. The van der Waals surface area contributed by atoms with Gasteiger partial charge in [-0.15, -0.1) is 0 Å². The van der Waals surface area contributed by atoms with Crippen LogP contribution in [0.25, 0.3) is 0 Å². The van der Waals surface area contributed by atoms with Crippen LogP contribution in [0.1, 0.15) is 11.1 Å². The van der Waals surface area contributed by atoms with Crippen molar-refractivity contribution in [3.63, 3.8) is 0 Å². The molecular formula is C26H27NO8. The number of ether oxygens (including phenoxy) is 4. The minimum absolute atomic E-state index is 0.518. The first-order valence-electron chi connectivity index (χ1n) is 11.1. The maximum Gasteiger partial charge on any atom is 0.311 e. The number of nitrogens with one attached hydrogen (secondary N) is 1. The number of carbonyl (C=O) groups is 4. The highest BCUT2D eigenvalue weighted by Crippen LogP contribution is 2.67. The quantitative estimate of drug-likeness (QED) is 0.484. The molecule has 9 heteroatoms. The number of hydrogen-bond acceptors (Lipinski definition) is 9. The lowest BCUT2D eigenvalue weighted by atomic mass is 9.53. The van der Waals surface area contributed by atoms with E-state index in [1.165, 1.54) is 28.4 Å². The first-order chi connectivity index (χ1) is 16.8. The molecule has 9 nitrogen and oxygen atoms in total. The zero-order valence-electron chi connectivity index (χ0n) is 19.8. The second kappa shape index (κ2) is 9.14. The molecule has 2 fully saturated rings. The van der Waals surface area contributed by atoms with Gasteiger partial charge < -0.3 is 18.9 Å². The van der Waals surface area contributed by atoms with Gasteiger partial charge in [-0.25, -0.2) is 0 Å². The fourth-order valence-corrected chi connectivity index (χ4v) is 6.18. The van der Waals surface area contributed by atoms with Crippen molar-refractivity contribution in [1.82, 2.24) is 5.32 Å². The first kappa shape index (κ1) is 24.4. The van der Waals surface area contributed by atoms with Crippen LogP contribution in [-0.4, -0.2) is 52.3 Å². The molecule has 6 atom stereocenters. The Hall–Kier alpha value is -3.72. The number of fused-ring (bicyclic) bond motifs is 2. The Morgan fingerprint density at radius 3 is 1.03 bits per heavy atom. The predicted molar refractivity (Wildman–Crippen MR) is 121 cm³/mol. The number of methoxy groups -OCH3 is 4. The van der Waals surface area contributed by atoms with Crippen LogP contribution in [-0.2, 0) is 49.2 Å². The van der Waals surface area contributed by atoms with E-state index in [1.807, 2.05) is 0 Å². The molecule has 2 heterocycles. The van der Waals surface area contributed by atoms with Crippen molar-refractivity contribution in [2.45, 2.75) is 11.1 Å². The van der Waals surface area contributed by atoms with Crippen molar-refractivity contribution in [2.24, 2.45) is 23.7 Å². The van der Waals surface area contributed by atoms with Crippen molar-refractivity contribution in [3.05, 3.63) is 71.8 Å². The third-order valence-corrected chi connectivity index (χ3v) is 7.37. The highest BCUT2D eigenvalue weighted by atomic mass is 16.5. The van der Waals surface area contributed by atoms with Crippen LogP contribution in [0, 0.1) is 23.7 Å². The predicted octanol–water partition coefficient (Wildman–Crippen LogP) is 1.55. The minimum Gasteiger partial charge on any atom is -0.469 e. The van der Waals surface area contributed by atoms with Gasteiger partial charge in [0, 0.05) is 0 Å². The number of hydrogen-bond donors (Lipinski definition) is 1. The summed E-state index contributed by atoms with van der Waals surface area (Å²) in [6.45, 7) is 0. The van der Waals surface area contributed by atoms with Gasteiger partial charge in [-0.05, 0) is 11.1 Å². The largest absolute Gasteiger partial charge is 0.469 e. The van der Waals surface area contributed by atoms with Crippen LogP contribution >= 0.6 is 0 Å². The van der Waals surface area contributed by atoms with Gasteiger partial charge in [-0.2, -0.15) is 0 Å². The Labute approximate surface area is 202 Å². The standard InChI is InChI=1S/C26H27NO8/c1-32-21(28)17-18(22(29)33-2)26(16-13-9-6-10-14-16)20(24(31)35-4)19(23(30)34-3)25(17,27-26)15-11-7-5-8-12-15/h5-14,17-20,27H,1-4H3/t17-,18-,19-,20+,25?,26?/m1/s1. The van der Waals surface area contributed by atoms with Gasteiger partial charge in [0.25, 0.3) is 0 Å². The summed E-state index contributed by atoms with van der Waals surface area (Å²) in [4.78, 5) is 53.8. The third kappa shape index (κ3) is 3.25. The second-order valence-electron chi connectivity index (χ2n) is 8.60. The van der Waals surface area contributed by atoms with Gasteiger partial charge in [0.05, 0.1) is 63.2 Å². The molecule has 1 N–H and O–H groups in total. The Morgan fingerprint density at radius 1 is 0.543 bits per heavy atom. The Morgan fingerprint density at radius 2 is 0.800 bits per heavy atom. The van der Waals surface area contributed by atoms with Crippen molar-refractivity contribution < 1.29 is 38.1 Å². The zero-order chi connectivity index (χ0) is 25.4. The summed E-state index contributed by atoms with van der Waals surface area (Å²) in [5, 5.41) is 3.45. The van der Waals surface area contributed by atoms with Crippen LogP contribution < -0.4 is 5.32 Å². The van der Waals surface area contributed by atoms with Crippen molar-refractivity contribution in [1.29, 1.82) is 0 Å². The SMILES string of the molecule is COC(=O)[C@@H]1[C@H](C(=O)OC)C2(c3ccccc3)NC1(c1ccccc1)[C@@H](C(=O)OC)[C@@H]2C(=O)OC. The summed E-state index contributed by atoms with van der Waals surface area (Å²) in [5.41, 5.74) is -2.06. The van der Waals surface area contributed by atoms with Crippen LogP contribution in [0.5, 0.6) is 0 Å². The average Bonchev–Trinajstić information content (AvgIpc) is 3.41. The van der Waals surface area contributed by atoms with Gasteiger partial charge >= 0.3 is 23.9 Å². The Bertz CT molecular complexity index is 999. The van der Waals surface area contributed by atoms with Crippen molar-refractivity contribution in [2.75, 3.05) is 28.4 Å². The summed E-state index contributed by atoms with van der Waals surface area (Å²) >= 11 is 0. The monoisotopic (exact) mass is 481 g/mol. The lowest BCUT2D eigenvalue weighted by Crippen LogP contribution is -2.59. The maximum absolute atomic E-state index is 13.5. The molecule has 184 valence electrons. The minimum atomic E-state index is -1.55. The summed E-state index contributed by atoms with van der Waals surface area (Å²) in [7, 11) is 4.84. The number of benzene rings is 2. The smallest absolute Gasteiger partial charge is 0.311 e. The van der Waals surface area contributed by atoms with Crippen LogP contribution in [0.4, 0.5) is 0 Å². The molecular weight excluding hydrogens is 454 g/mol. The molecule has 2 aromatic carbocycles. The van der Waals surface area contributed by atoms with Gasteiger partial charge in [0.2, 0.25) is 0 Å². The van der Waals surface area contributed by atoms with E-state index in [-0.39, 0.29) is 0 Å². The molecule has 2 unspecified atom stereocenters. The topological polar surface area (TPSA) is 117 Å². The van der Waals surface area contributed by atoms with Crippen molar-refractivity contribution in [3.8, 4) is 0 Å². The molecule has 35 heavy (non-hydrogen) atoms. The fourth-order valence-electron chi connectivity index (χ4n) is 6.18. The van der Waals surface area contributed by atoms with E-state index in [9.17, 15) is 19.2 Å². The van der Waals surface area contributed by atoms with E-state index in [4.69, 9.17) is 18.9 Å². The molecule has 2 aliphatic rings. The van der Waals surface area contributed by atoms with E-state index >= 15 is 0 Å². The Kier molecular flexibility index (Phi) is 6.38. The number of esters is 4. The van der Waals surface area contributed by atoms with Crippen molar-refractivity contribution >= 4 is 23.9 Å². The maximum atomic E-state index is 13.5.